The highest BCUT2D eigenvalue weighted by atomic mass is 32.2. The van der Waals surface area contributed by atoms with Gasteiger partial charge in [0.05, 0.1) is 17.2 Å². The van der Waals surface area contributed by atoms with E-state index in [1.165, 1.54) is 11.8 Å². The van der Waals surface area contributed by atoms with Crippen LogP contribution in [0.5, 0.6) is 11.5 Å². The van der Waals surface area contributed by atoms with Gasteiger partial charge in [0.15, 0.2) is 16.7 Å². The van der Waals surface area contributed by atoms with Crippen LogP contribution < -0.4 is 10.1 Å². The van der Waals surface area contributed by atoms with Crippen molar-refractivity contribution in [2.45, 2.75) is 13.8 Å². The Kier molecular flexibility index (Phi) is 5.09. The van der Waals surface area contributed by atoms with Crippen molar-refractivity contribution >= 4 is 34.6 Å². The largest absolute Gasteiger partial charge is 0.504 e. The van der Waals surface area contributed by atoms with Crippen molar-refractivity contribution < 1.29 is 14.6 Å². The van der Waals surface area contributed by atoms with E-state index < -0.39 is 0 Å². The lowest BCUT2D eigenvalue weighted by Gasteiger charge is -2.06. The molecule has 128 valence electrons. The molecule has 0 radical (unpaired) electrons. The van der Waals surface area contributed by atoms with Gasteiger partial charge in [-0.1, -0.05) is 18.2 Å². The third-order valence-electron chi connectivity index (χ3n) is 3.46. The lowest BCUT2D eigenvalue weighted by molar-refractivity contribution is -0.115. The molecule has 25 heavy (non-hydrogen) atoms. The van der Waals surface area contributed by atoms with Gasteiger partial charge in [-0.25, -0.2) is 4.99 Å². The van der Waals surface area contributed by atoms with Crippen LogP contribution in [-0.4, -0.2) is 22.8 Å². The first kappa shape index (κ1) is 17.1. The first-order valence-corrected chi connectivity index (χ1v) is 8.69. The molecule has 5 nitrogen and oxygen atoms in total. The third-order valence-corrected chi connectivity index (χ3v) is 4.37. The van der Waals surface area contributed by atoms with Gasteiger partial charge in [0.25, 0.3) is 5.91 Å². The Morgan fingerprint density at radius 3 is 2.88 bits per heavy atom. The van der Waals surface area contributed by atoms with Crippen LogP contribution in [0, 0.1) is 6.92 Å². The number of carbonyl (C=O) groups is 1. The second-order valence-electron chi connectivity index (χ2n) is 5.48. The Morgan fingerprint density at radius 1 is 1.28 bits per heavy atom. The molecule has 1 aliphatic heterocycles. The number of phenolic OH excluding ortho intramolecular Hbond substituents is 1. The minimum atomic E-state index is -0.192. The van der Waals surface area contributed by atoms with E-state index in [9.17, 15) is 9.90 Å². The summed E-state index contributed by atoms with van der Waals surface area (Å²) in [6.45, 7) is 4.30. The minimum Gasteiger partial charge on any atom is -0.504 e. The Balaban J connectivity index is 1.83. The zero-order chi connectivity index (χ0) is 17.8. The predicted octanol–water partition coefficient (Wildman–Crippen LogP) is 3.99. The number of aryl methyl sites for hydroxylation is 1. The molecule has 0 aliphatic carbocycles. The van der Waals surface area contributed by atoms with Crippen molar-refractivity contribution in [3.63, 3.8) is 0 Å². The van der Waals surface area contributed by atoms with Gasteiger partial charge in [-0.05, 0) is 67.1 Å². The van der Waals surface area contributed by atoms with E-state index in [1.807, 2.05) is 38.1 Å². The Bertz CT molecular complexity index is 875. The molecule has 0 aromatic heterocycles. The fourth-order valence-electron chi connectivity index (χ4n) is 2.34. The predicted molar refractivity (Wildman–Crippen MR) is 101 cm³/mol. The number of hydrogen-bond donors (Lipinski definition) is 2. The highest BCUT2D eigenvalue weighted by Crippen LogP contribution is 2.31. The summed E-state index contributed by atoms with van der Waals surface area (Å²) in [5, 5.41) is 13.1. The van der Waals surface area contributed by atoms with Crippen molar-refractivity contribution in [2.75, 3.05) is 6.61 Å². The summed E-state index contributed by atoms with van der Waals surface area (Å²) in [5.41, 5.74) is 2.68. The van der Waals surface area contributed by atoms with Crippen LogP contribution in [-0.2, 0) is 4.79 Å². The van der Waals surface area contributed by atoms with E-state index in [0.717, 1.165) is 16.8 Å². The molecule has 6 heteroatoms. The topological polar surface area (TPSA) is 70.9 Å². The number of rotatable bonds is 4. The molecule has 2 aromatic carbocycles. The zero-order valence-electron chi connectivity index (χ0n) is 13.9. The number of amides is 1. The normalized spacial score (nSPS) is 17.1. The molecule has 1 heterocycles. The van der Waals surface area contributed by atoms with Gasteiger partial charge in [0.1, 0.15) is 0 Å². The monoisotopic (exact) mass is 354 g/mol. The molecule has 0 bridgehead atoms. The van der Waals surface area contributed by atoms with Gasteiger partial charge in [-0.3, -0.25) is 4.79 Å². The molecule has 1 amide bonds. The number of nitrogens with one attached hydrogen (secondary N) is 1. The maximum absolute atomic E-state index is 12.2. The summed E-state index contributed by atoms with van der Waals surface area (Å²) in [5.74, 6) is 0.283. The van der Waals surface area contributed by atoms with E-state index in [0.29, 0.717) is 22.4 Å². The standard InChI is InChI=1S/C19H18N2O3S/c1-3-24-16-10-13(7-8-15(16)22)11-17-18(23)21-19(25-17)20-14-6-4-5-12(2)9-14/h4-11,22H,3H2,1-2H3,(H,20,21,23)/b17-11+. The van der Waals surface area contributed by atoms with Gasteiger partial charge in [0, 0.05) is 0 Å². The van der Waals surface area contributed by atoms with Crippen LogP contribution >= 0.6 is 11.8 Å². The Morgan fingerprint density at radius 2 is 2.12 bits per heavy atom. The van der Waals surface area contributed by atoms with Crippen molar-refractivity contribution in [2.24, 2.45) is 4.99 Å². The van der Waals surface area contributed by atoms with Crippen LogP contribution in [0.25, 0.3) is 6.08 Å². The molecule has 1 aliphatic rings. The number of carbonyl (C=O) groups excluding carboxylic acids is 1. The van der Waals surface area contributed by atoms with Crippen molar-refractivity contribution in [1.29, 1.82) is 0 Å². The van der Waals surface area contributed by atoms with Gasteiger partial charge in [-0.2, -0.15) is 0 Å². The highest BCUT2D eigenvalue weighted by Gasteiger charge is 2.23. The highest BCUT2D eigenvalue weighted by molar-refractivity contribution is 8.18. The summed E-state index contributed by atoms with van der Waals surface area (Å²) in [7, 11) is 0. The molecule has 0 atom stereocenters. The lowest BCUT2D eigenvalue weighted by Crippen LogP contribution is -2.19. The van der Waals surface area contributed by atoms with E-state index in [2.05, 4.69) is 10.3 Å². The minimum absolute atomic E-state index is 0.0780. The number of nitrogens with zero attached hydrogens (tertiary/aromatic N) is 1. The van der Waals surface area contributed by atoms with E-state index in [4.69, 9.17) is 4.74 Å². The zero-order valence-corrected chi connectivity index (χ0v) is 14.8. The maximum atomic E-state index is 12.2. The van der Waals surface area contributed by atoms with Gasteiger partial charge < -0.3 is 15.2 Å². The van der Waals surface area contributed by atoms with Crippen LogP contribution in [0.2, 0.25) is 0 Å². The summed E-state index contributed by atoms with van der Waals surface area (Å²) < 4.78 is 5.37. The summed E-state index contributed by atoms with van der Waals surface area (Å²) >= 11 is 1.28. The number of aliphatic imine (C=N–C) groups is 1. The number of hydrogen-bond acceptors (Lipinski definition) is 5. The van der Waals surface area contributed by atoms with E-state index in [1.54, 1.807) is 24.3 Å². The van der Waals surface area contributed by atoms with E-state index >= 15 is 0 Å². The fourth-order valence-corrected chi connectivity index (χ4v) is 3.18. The quantitative estimate of drug-likeness (QED) is 0.815. The summed E-state index contributed by atoms with van der Waals surface area (Å²) in [4.78, 5) is 17.2. The number of thioether (sulfide) groups is 1. The molecule has 3 rings (SSSR count). The SMILES string of the molecule is CCOc1cc(/C=C2/SC(=Nc3cccc(C)c3)NC2=O)ccc1O. The van der Waals surface area contributed by atoms with E-state index in [-0.39, 0.29) is 11.7 Å². The van der Waals surface area contributed by atoms with Crippen LogP contribution in [0.15, 0.2) is 52.4 Å². The van der Waals surface area contributed by atoms with Gasteiger partial charge in [-0.15, -0.1) is 0 Å². The van der Waals surface area contributed by atoms with Gasteiger partial charge >= 0.3 is 0 Å². The first-order chi connectivity index (χ1) is 12.0. The average molecular weight is 354 g/mol. The molecular weight excluding hydrogens is 336 g/mol. The first-order valence-electron chi connectivity index (χ1n) is 7.87. The third kappa shape index (κ3) is 4.22. The smallest absolute Gasteiger partial charge is 0.264 e. The number of benzene rings is 2. The molecule has 2 aromatic rings. The van der Waals surface area contributed by atoms with Crippen LogP contribution in [0.4, 0.5) is 5.69 Å². The molecule has 0 spiro atoms. The molecule has 0 saturated carbocycles. The second-order valence-corrected chi connectivity index (χ2v) is 6.51. The maximum Gasteiger partial charge on any atom is 0.264 e. The number of amidine groups is 1. The number of ether oxygens (including phenoxy) is 1. The summed E-state index contributed by atoms with van der Waals surface area (Å²) in [6, 6.07) is 12.8. The molecular formula is C19H18N2O3S. The fraction of sp³-hybridized carbons (Fsp3) is 0.158. The number of aromatic hydroxyl groups is 1. The molecule has 1 fully saturated rings. The second kappa shape index (κ2) is 7.44. The lowest BCUT2D eigenvalue weighted by atomic mass is 10.2. The number of phenols is 1. The average Bonchev–Trinajstić information content (AvgIpc) is 2.90. The van der Waals surface area contributed by atoms with Crippen molar-refractivity contribution in [1.82, 2.24) is 5.32 Å². The molecule has 0 unspecified atom stereocenters. The van der Waals surface area contributed by atoms with Crippen LogP contribution in [0.3, 0.4) is 0 Å². The van der Waals surface area contributed by atoms with Crippen molar-refractivity contribution in [3.05, 3.63) is 58.5 Å². The Hall–Kier alpha value is -2.73. The Labute approximate surface area is 150 Å². The summed E-state index contributed by atoms with van der Waals surface area (Å²) in [6.07, 6.45) is 1.75. The molecule has 1 saturated heterocycles. The van der Waals surface area contributed by atoms with Gasteiger partial charge in [0.2, 0.25) is 0 Å². The van der Waals surface area contributed by atoms with Crippen LogP contribution in [0.1, 0.15) is 18.1 Å². The van der Waals surface area contributed by atoms with Crippen molar-refractivity contribution in [3.8, 4) is 11.5 Å². The molecule has 2 N–H and O–H groups in total.